The average molecular weight is 241 g/mol. The van der Waals surface area contributed by atoms with E-state index in [4.69, 9.17) is 0 Å². The monoisotopic (exact) mass is 241 g/mol. The van der Waals surface area contributed by atoms with Gasteiger partial charge in [0, 0.05) is 12.6 Å². The fraction of sp³-hybridized carbons (Fsp3) is 0.250. The second-order valence-corrected chi connectivity index (χ2v) is 4.64. The summed E-state index contributed by atoms with van der Waals surface area (Å²) in [7, 11) is 0. The van der Waals surface area contributed by atoms with Crippen molar-refractivity contribution in [1.29, 1.82) is 0 Å². The standard InChI is InChI=1S/C16H19NO/c1-13(11-14-7-9-16(18)10-8-14)17-12-15-5-3-2-4-6-15/h2-10,13,17-18H,11-12H2,1H3/t13-/m0/s1. The first-order chi connectivity index (χ1) is 8.74. The molecule has 0 unspecified atom stereocenters. The minimum Gasteiger partial charge on any atom is -0.508 e. The van der Waals surface area contributed by atoms with Gasteiger partial charge in [0.2, 0.25) is 0 Å². The normalized spacial score (nSPS) is 12.3. The van der Waals surface area contributed by atoms with Crippen LogP contribution in [-0.2, 0) is 13.0 Å². The van der Waals surface area contributed by atoms with Gasteiger partial charge in [0.15, 0.2) is 0 Å². The average Bonchev–Trinajstić information content (AvgIpc) is 2.40. The maximum Gasteiger partial charge on any atom is 0.115 e. The summed E-state index contributed by atoms with van der Waals surface area (Å²) in [6.45, 7) is 3.07. The molecule has 0 aliphatic rings. The smallest absolute Gasteiger partial charge is 0.115 e. The number of rotatable bonds is 5. The molecular formula is C16H19NO. The van der Waals surface area contributed by atoms with Crippen LogP contribution in [0.15, 0.2) is 54.6 Å². The topological polar surface area (TPSA) is 32.3 Å². The fourth-order valence-electron chi connectivity index (χ4n) is 1.95. The van der Waals surface area contributed by atoms with Crippen LogP contribution in [0, 0.1) is 0 Å². The van der Waals surface area contributed by atoms with E-state index < -0.39 is 0 Å². The largest absolute Gasteiger partial charge is 0.508 e. The third-order valence-electron chi connectivity index (χ3n) is 2.98. The third-order valence-corrected chi connectivity index (χ3v) is 2.98. The second-order valence-electron chi connectivity index (χ2n) is 4.64. The molecule has 0 heterocycles. The Balaban J connectivity index is 1.82. The van der Waals surface area contributed by atoms with Crippen molar-refractivity contribution in [3.05, 3.63) is 65.7 Å². The van der Waals surface area contributed by atoms with Gasteiger partial charge >= 0.3 is 0 Å². The zero-order chi connectivity index (χ0) is 12.8. The molecular weight excluding hydrogens is 222 g/mol. The number of hydrogen-bond donors (Lipinski definition) is 2. The fourth-order valence-corrected chi connectivity index (χ4v) is 1.95. The molecule has 0 radical (unpaired) electrons. The predicted octanol–water partition coefficient (Wildman–Crippen LogP) is 3.11. The molecule has 2 nitrogen and oxygen atoms in total. The van der Waals surface area contributed by atoms with Crippen molar-refractivity contribution >= 4 is 0 Å². The van der Waals surface area contributed by atoms with E-state index in [1.54, 1.807) is 12.1 Å². The molecule has 1 atom stereocenters. The first-order valence-electron chi connectivity index (χ1n) is 6.29. The third kappa shape index (κ3) is 3.90. The number of nitrogens with one attached hydrogen (secondary N) is 1. The summed E-state index contributed by atoms with van der Waals surface area (Å²) in [6, 6.07) is 18.2. The summed E-state index contributed by atoms with van der Waals surface area (Å²) in [5.74, 6) is 0.323. The molecule has 94 valence electrons. The van der Waals surface area contributed by atoms with Crippen LogP contribution in [0.2, 0.25) is 0 Å². The van der Waals surface area contributed by atoms with Crippen LogP contribution >= 0.6 is 0 Å². The van der Waals surface area contributed by atoms with Crippen LogP contribution < -0.4 is 5.32 Å². The Bertz CT molecular complexity index is 464. The van der Waals surface area contributed by atoms with E-state index in [9.17, 15) is 5.11 Å². The van der Waals surface area contributed by atoms with Gasteiger partial charge in [-0.1, -0.05) is 42.5 Å². The predicted molar refractivity (Wildman–Crippen MR) is 74.6 cm³/mol. The van der Waals surface area contributed by atoms with Crippen molar-refractivity contribution in [2.45, 2.75) is 25.9 Å². The SMILES string of the molecule is C[C@@H](Cc1ccc(O)cc1)NCc1ccccc1. The lowest BCUT2D eigenvalue weighted by Crippen LogP contribution is -2.27. The highest BCUT2D eigenvalue weighted by Gasteiger charge is 2.03. The van der Waals surface area contributed by atoms with Gasteiger partial charge in [-0.25, -0.2) is 0 Å². The zero-order valence-corrected chi connectivity index (χ0v) is 10.6. The Morgan fingerprint density at radius 3 is 2.28 bits per heavy atom. The molecule has 0 aliphatic carbocycles. The zero-order valence-electron chi connectivity index (χ0n) is 10.6. The Kier molecular flexibility index (Phi) is 4.37. The Morgan fingerprint density at radius 2 is 1.61 bits per heavy atom. The van der Waals surface area contributed by atoms with Gasteiger partial charge in [-0.05, 0) is 36.6 Å². The molecule has 0 fully saturated rings. The summed E-state index contributed by atoms with van der Waals surface area (Å²) in [6.07, 6.45) is 0.965. The van der Waals surface area contributed by atoms with E-state index in [1.165, 1.54) is 11.1 Å². The van der Waals surface area contributed by atoms with Crippen LogP contribution in [0.5, 0.6) is 5.75 Å². The van der Waals surface area contributed by atoms with Crippen molar-refractivity contribution in [3.8, 4) is 5.75 Å². The first kappa shape index (κ1) is 12.7. The van der Waals surface area contributed by atoms with E-state index in [1.807, 2.05) is 18.2 Å². The summed E-state index contributed by atoms with van der Waals surface area (Å²) >= 11 is 0. The van der Waals surface area contributed by atoms with E-state index in [2.05, 4.69) is 36.5 Å². The Hall–Kier alpha value is -1.80. The van der Waals surface area contributed by atoms with Crippen LogP contribution in [-0.4, -0.2) is 11.1 Å². The highest BCUT2D eigenvalue weighted by molar-refractivity contribution is 5.26. The lowest BCUT2D eigenvalue weighted by Gasteiger charge is -2.14. The maximum atomic E-state index is 9.23. The lowest BCUT2D eigenvalue weighted by molar-refractivity contribution is 0.474. The van der Waals surface area contributed by atoms with Crippen LogP contribution in [0.25, 0.3) is 0 Å². The maximum absolute atomic E-state index is 9.23. The Labute approximate surface area is 108 Å². The molecule has 0 aromatic heterocycles. The molecule has 0 saturated carbocycles. The molecule has 0 saturated heterocycles. The molecule has 2 aromatic rings. The molecule has 2 heteroatoms. The van der Waals surface area contributed by atoms with Crippen LogP contribution in [0.3, 0.4) is 0 Å². The molecule has 18 heavy (non-hydrogen) atoms. The summed E-state index contributed by atoms with van der Waals surface area (Å²) in [5.41, 5.74) is 2.54. The molecule has 2 N–H and O–H groups in total. The van der Waals surface area contributed by atoms with E-state index in [-0.39, 0.29) is 0 Å². The number of aromatic hydroxyl groups is 1. The van der Waals surface area contributed by atoms with Gasteiger partial charge in [0.05, 0.1) is 0 Å². The van der Waals surface area contributed by atoms with Crippen molar-refractivity contribution in [3.63, 3.8) is 0 Å². The minimum atomic E-state index is 0.323. The minimum absolute atomic E-state index is 0.323. The lowest BCUT2D eigenvalue weighted by atomic mass is 10.1. The molecule has 0 spiro atoms. The first-order valence-corrected chi connectivity index (χ1v) is 6.29. The molecule has 0 bridgehead atoms. The Morgan fingerprint density at radius 1 is 0.944 bits per heavy atom. The summed E-state index contributed by atoms with van der Waals surface area (Å²) < 4.78 is 0. The summed E-state index contributed by atoms with van der Waals surface area (Å²) in [4.78, 5) is 0. The van der Waals surface area contributed by atoms with Crippen molar-refractivity contribution in [1.82, 2.24) is 5.32 Å². The van der Waals surface area contributed by atoms with E-state index in [0.717, 1.165) is 13.0 Å². The quantitative estimate of drug-likeness (QED) is 0.843. The number of phenolic OH excluding ortho intramolecular Hbond substituents is 1. The van der Waals surface area contributed by atoms with Gasteiger partial charge in [0.1, 0.15) is 5.75 Å². The highest BCUT2D eigenvalue weighted by Crippen LogP contribution is 2.11. The van der Waals surface area contributed by atoms with Crippen molar-refractivity contribution in [2.75, 3.05) is 0 Å². The van der Waals surface area contributed by atoms with Gasteiger partial charge in [-0.2, -0.15) is 0 Å². The van der Waals surface area contributed by atoms with E-state index >= 15 is 0 Å². The highest BCUT2D eigenvalue weighted by atomic mass is 16.3. The second kappa shape index (κ2) is 6.22. The van der Waals surface area contributed by atoms with Crippen LogP contribution in [0.4, 0.5) is 0 Å². The summed E-state index contributed by atoms with van der Waals surface area (Å²) in [5, 5.41) is 12.7. The number of phenols is 1. The van der Waals surface area contributed by atoms with E-state index in [0.29, 0.717) is 11.8 Å². The van der Waals surface area contributed by atoms with Gasteiger partial charge < -0.3 is 10.4 Å². The number of benzene rings is 2. The molecule has 0 aliphatic heterocycles. The molecule has 2 rings (SSSR count). The molecule has 0 amide bonds. The van der Waals surface area contributed by atoms with Crippen molar-refractivity contribution < 1.29 is 5.11 Å². The molecule has 2 aromatic carbocycles. The van der Waals surface area contributed by atoms with Crippen molar-refractivity contribution in [2.24, 2.45) is 0 Å². The van der Waals surface area contributed by atoms with Crippen LogP contribution in [0.1, 0.15) is 18.1 Å². The van der Waals surface area contributed by atoms with Gasteiger partial charge in [-0.3, -0.25) is 0 Å². The van der Waals surface area contributed by atoms with Gasteiger partial charge in [0.25, 0.3) is 0 Å². The number of hydrogen-bond acceptors (Lipinski definition) is 2. The van der Waals surface area contributed by atoms with Gasteiger partial charge in [-0.15, -0.1) is 0 Å².